The van der Waals surface area contributed by atoms with Crippen LogP contribution in [0.15, 0.2) is 60.8 Å². The van der Waals surface area contributed by atoms with Crippen LogP contribution in [0.2, 0.25) is 0 Å². The summed E-state index contributed by atoms with van der Waals surface area (Å²) < 4.78 is 12.0. The Bertz CT molecular complexity index is 762. The molecular weight excluding hydrogens is 266 g/mol. The molecule has 3 rings (SSSR count). The number of methoxy groups -OCH3 is 1. The zero-order valence-electron chi connectivity index (χ0n) is 11.7. The molecule has 2 aromatic carbocycles. The van der Waals surface area contributed by atoms with Gasteiger partial charge in [0.15, 0.2) is 0 Å². The molecule has 106 valence electrons. The Hall–Kier alpha value is -2.75. The van der Waals surface area contributed by atoms with E-state index in [0.717, 1.165) is 22.2 Å². The van der Waals surface area contributed by atoms with Crippen LogP contribution in [0.5, 0.6) is 5.75 Å². The monoisotopic (exact) mass is 281 g/mol. The van der Waals surface area contributed by atoms with E-state index in [1.165, 1.54) is 4.57 Å². The van der Waals surface area contributed by atoms with Crippen molar-refractivity contribution in [2.75, 3.05) is 7.11 Å². The van der Waals surface area contributed by atoms with Crippen molar-refractivity contribution in [2.24, 2.45) is 0 Å². The Labute approximate surface area is 122 Å². The van der Waals surface area contributed by atoms with Gasteiger partial charge in [-0.05, 0) is 29.8 Å². The molecule has 0 atom stereocenters. The number of ether oxygens (including phenoxy) is 2. The van der Waals surface area contributed by atoms with Crippen molar-refractivity contribution in [3.8, 4) is 5.75 Å². The quantitative estimate of drug-likeness (QED) is 0.732. The molecule has 0 fully saturated rings. The van der Waals surface area contributed by atoms with Gasteiger partial charge in [0.05, 0.1) is 12.6 Å². The lowest BCUT2D eigenvalue weighted by Gasteiger charge is -2.07. The van der Waals surface area contributed by atoms with Gasteiger partial charge >= 0.3 is 6.09 Å². The third kappa shape index (κ3) is 2.74. The molecule has 4 nitrogen and oxygen atoms in total. The molecule has 1 heterocycles. The van der Waals surface area contributed by atoms with Crippen LogP contribution in [0, 0.1) is 0 Å². The summed E-state index contributed by atoms with van der Waals surface area (Å²) in [6.45, 7) is 0.259. The van der Waals surface area contributed by atoms with E-state index < -0.39 is 0 Å². The van der Waals surface area contributed by atoms with Crippen LogP contribution >= 0.6 is 0 Å². The molecule has 0 radical (unpaired) electrons. The fourth-order valence-corrected chi connectivity index (χ4v) is 2.20. The zero-order valence-corrected chi connectivity index (χ0v) is 11.7. The average molecular weight is 281 g/mol. The fraction of sp³-hybridized carbons (Fsp3) is 0.118. The maximum atomic E-state index is 12.2. The third-order valence-corrected chi connectivity index (χ3v) is 3.30. The smallest absolute Gasteiger partial charge is 0.418 e. The van der Waals surface area contributed by atoms with Crippen LogP contribution in [-0.4, -0.2) is 17.8 Å². The number of hydrogen-bond acceptors (Lipinski definition) is 3. The second-order valence-electron chi connectivity index (χ2n) is 4.65. The molecule has 0 saturated carbocycles. The van der Waals surface area contributed by atoms with E-state index in [1.807, 2.05) is 54.6 Å². The summed E-state index contributed by atoms with van der Waals surface area (Å²) in [6, 6.07) is 17.0. The maximum absolute atomic E-state index is 12.2. The molecule has 0 aliphatic rings. The Morgan fingerprint density at radius 3 is 2.67 bits per heavy atom. The minimum Gasteiger partial charge on any atom is -0.497 e. The van der Waals surface area contributed by atoms with Crippen LogP contribution < -0.4 is 4.74 Å². The van der Waals surface area contributed by atoms with Crippen molar-refractivity contribution in [2.45, 2.75) is 6.61 Å². The molecule has 3 aromatic rings. The summed E-state index contributed by atoms with van der Waals surface area (Å²) in [6.07, 6.45) is 1.32. The molecule has 0 N–H and O–H groups in total. The van der Waals surface area contributed by atoms with Gasteiger partial charge in [-0.25, -0.2) is 4.79 Å². The first-order chi connectivity index (χ1) is 10.3. The molecule has 0 amide bonds. The zero-order chi connectivity index (χ0) is 14.7. The van der Waals surface area contributed by atoms with E-state index >= 15 is 0 Å². The predicted octanol–water partition coefficient (Wildman–Crippen LogP) is 3.83. The SMILES string of the molecule is COc1ccc2c(ccn2C(=O)OCc2ccccc2)c1. The normalized spacial score (nSPS) is 10.5. The molecule has 21 heavy (non-hydrogen) atoms. The lowest BCUT2D eigenvalue weighted by molar-refractivity contribution is 0.142. The van der Waals surface area contributed by atoms with Gasteiger partial charge in [-0.2, -0.15) is 0 Å². The van der Waals surface area contributed by atoms with Crippen molar-refractivity contribution < 1.29 is 14.3 Å². The number of nitrogens with zero attached hydrogens (tertiary/aromatic N) is 1. The van der Waals surface area contributed by atoms with Gasteiger partial charge in [-0.3, -0.25) is 4.57 Å². The molecule has 0 saturated heterocycles. The van der Waals surface area contributed by atoms with E-state index in [9.17, 15) is 4.79 Å². The molecule has 0 unspecified atom stereocenters. The largest absolute Gasteiger partial charge is 0.497 e. The van der Waals surface area contributed by atoms with E-state index in [2.05, 4.69) is 0 Å². The highest BCUT2D eigenvalue weighted by atomic mass is 16.5. The van der Waals surface area contributed by atoms with Crippen LogP contribution in [0.3, 0.4) is 0 Å². The van der Waals surface area contributed by atoms with Gasteiger partial charge in [-0.1, -0.05) is 30.3 Å². The molecule has 0 bridgehead atoms. The van der Waals surface area contributed by atoms with Gasteiger partial charge in [0, 0.05) is 11.6 Å². The Morgan fingerprint density at radius 2 is 1.90 bits per heavy atom. The first-order valence-electron chi connectivity index (χ1n) is 6.64. The summed E-state index contributed by atoms with van der Waals surface area (Å²) in [7, 11) is 1.62. The second-order valence-corrected chi connectivity index (χ2v) is 4.65. The number of aromatic nitrogens is 1. The standard InChI is InChI=1S/C17H15NO3/c1-20-15-7-8-16-14(11-15)9-10-18(16)17(19)21-12-13-5-3-2-4-6-13/h2-11H,12H2,1H3. The molecular formula is C17H15NO3. The number of carbonyl (C=O) groups is 1. The topological polar surface area (TPSA) is 40.5 Å². The van der Waals surface area contributed by atoms with Crippen molar-refractivity contribution in [1.82, 2.24) is 4.57 Å². The Morgan fingerprint density at radius 1 is 1.10 bits per heavy atom. The molecule has 0 spiro atoms. The Kier molecular flexibility index (Phi) is 3.60. The number of hydrogen-bond donors (Lipinski definition) is 0. The van der Waals surface area contributed by atoms with Gasteiger partial charge < -0.3 is 9.47 Å². The highest BCUT2D eigenvalue weighted by Crippen LogP contribution is 2.22. The van der Waals surface area contributed by atoms with Gasteiger partial charge in [0.25, 0.3) is 0 Å². The summed E-state index contributed by atoms with van der Waals surface area (Å²) in [5.74, 6) is 0.762. The predicted molar refractivity (Wildman–Crippen MR) is 80.5 cm³/mol. The highest BCUT2D eigenvalue weighted by molar-refractivity contribution is 5.90. The third-order valence-electron chi connectivity index (χ3n) is 3.30. The van der Waals surface area contributed by atoms with Gasteiger partial charge in [0.2, 0.25) is 0 Å². The Balaban J connectivity index is 1.78. The summed E-state index contributed by atoms with van der Waals surface area (Å²) in [5, 5.41) is 0.936. The number of rotatable bonds is 3. The molecule has 1 aromatic heterocycles. The lowest BCUT2D eigenvalue weighted by Crippen LogP contribution is -2.12. The first-order valence-corrected chi connectivity index (χ1v) is 6.64. The van der Waals surface area contributed by atoms with Crippen molar-refractivity contribution >= 4 is 17.0 Å². The van der Waals surface area contributed by atoms with Crippen molar-refractivity contribution in [3.05, 3.63) is 66.4 Å². The number of carbonyl (C=O) groups excluding carboxylic acids is 1. The minimum absolute atomic E-state index is 0.259. The van der Waals surface area contributed by atoms with Crippen molar-refractivity contribution in [3.63, 3.8) is 0 Å². The highest BCUT2D eigenvalue weighted by Gasteiger charge is 2.10. The number of fused-ring (bicyclic) bond motifs is 1. The van der Waals surface area contributed by atoms with Crippen LogP contribution in [0.4, 0.5) is 4.79 Å². The van der Waals surface area contributed by atoms with E-state index in [1.54, 1.807) is 13.3 Å². The fourth-order valence-electron chi connectivity index (χ4n) is 2.20. The summed E-state index contributed by atoms with van der Waals surface area (Å²) >= 11 is 0. The molecule has 0 aliphatic heterocycles. The average Bonchev–Trinajstić information content (AvgIpc) is 2.96. The second kappa shape index (κ2) is 5.71. The lowest BCUT2D eigenvalue weighted by atomic mass is 10.2. The molecule has 0 aliphatic carbocycles. The van der Waals surface area contributed by atoms with E-state index in [4.69, 9.17) is 9.47 Å². The number of benzene rings is 2. The van der Waals surface area contributed by atoms with Crippen molar-refractivity contribution in [1.29, 1.82) is 0 Å². The van der Waals surface area contributed by atoms with Crippen LogP contribution in [0.25, 0.3) is 10.9 Å². The molecule has 4 heteroatoms. The van der Waals surface area contributed by atoms with E-state index in [0.29, 0.717) is 0 Å². The first kappa shape index (κ1) is 13.2. The summed E-state index contributed by atoms with van der Waals surface area (Å²) in [5.41, 5.74) is 1.76. The maximum Gasteiger partial charge on any atom is 0.418 e. The van der Waals surface area contributed by atoms with Gasteiger partial charge in [0.1, 0.15) is 12.4 Å². The van der Waals surface area contributed by atoms with Crippen LogP contribution in [-0.2, 0) is 11.3 Å². The minimum atomic E-state index is -0.390. The van der Waals surface area contributed by atoms with Gasteiger partial charge in [-0.15, -0.1) is 0 Å². The van der Waals surface area contributed by atoms with E-state index in [-0.39, 0.29) is 12.7 Å². The van der Waals surface area contributed by atoms with Crippen LogP contribution in [0.1, 0.15) is 5.56 Å². The summed E-state index contributed by atoms with van der Waals surface area (Å²) in [4.78, 5) is 12.2.